The van der Waals surface area contributed by atoms with Crippen molar-refractivity contribution in [1.82, 2.24) is 5.32 Å². The van der Waals surface area contributed by atoms with Crippen molar-refractivity contribution in [1.29, 1.82) is 0 Å². The van der Waals surface area contributed by atoms with E-state index >= 15 is 0 Å². The van der Waals surface area contributed by atoms with Gasteiger partial charge in [-0.2, -0.15) is 0 Å². The highest BCUT2D eigenvalue weighted by atomic mass is 16.5. The minimum Gasteiger partial charge on any atom is -0.382 e. The molecule has 3 heteroatoms. The normalized spacial score (nSPS) is 41.7. The molecule has 1 unspecified atom stereocenters. The number of rotatable bonds is 7. The smallest absolute Gasteiger partial charge is 0.0701 e. The van der Waals surface area contributed by atoms with Gasteiger partial charge in [0.2, 0.25) is 0 Å². The number of hydrogen-bond acceptors (Lipinski definition) is 3. The third-order valence-corrected chi connectivity index (χ3v) is 5.89. The second-order valence-electron chi connectivity index (χ2n) is 7.19. The second-order valence-corrected chi connectivity index (χ2v) is 7.19. The fraction of sp³-hybridized carbons (Fsp3) is 1.00. The van der Waals surface area contributed by atoms with E-state index in [2.05, 4.69) is 12.4 Å². The highest BCUT2D eigenvalue weighted by molar-refractivity contribution is 5.05. The maximum Gasteiger partial charge on any atom is 0.0701 e. The van der Waals surface area contributed by atoms with E-state index in [1.54, 1.807) is 7.11 Å². The van der Waals surface area contributed by atoms with E-state index in [9.17, 15) is 0 Å². The van der Waals surface area contributed by atoms with Crippen LogP contribution in [0.1, 0.15) is 38.5 Å². The van der Waals surface area contributed by atoms with Gasteiger partial charge in [0.25, 0.3) is 0 Å². The van der Waals surface area contributed by atoms with Crippen molar-refractivity contribution in [3.05, 3.63) is 0 Å². The second kappa shape index (κ2) is 5.71. The molecular formula is C16H29NO2. The van der Waals surface area contributed by atoms with Gasteiger partial charge in [0.15, 0.2) is 0 Å². The lowest BCUT2D eigenvalue weighted by molar-refractivity contribution is -0.0890. The molecule has 3 nitrogen and oxygen atoms in total. The molecule has 4 rings (SSSR count). The summed E-state index contributed by atoms with van der Waals surface area (Å²) in [6, 6.07) is 0.540. The van der Waals surface area contributed by atoms with E-state index in [1.165, 1.54) is 38.5 Å². The van der Waals surface area contributed by atoms with Gasteiger partial charge in [0.05, 0.1) is 19.8 Å². The summed E-state index contributed by atoms with van der Waals surface area (Å²) in [5.41, 5.74) is 0.538. The van der Waals surface area contributed by atoms with Gasteiger partial charge in [-0.15, -0.1) is 0 Å². The molecule has 19 heavy (non-hydrogen) atoms. The summed E-state index contributed by atoms with van der Waals surface area (Å²) in [5, 5.41) is 3.57. The molecule has 110 valence electrons. The van der Waals surface area contributed by atoms with Crippen LogP contribution in [0.25, 0.3) is 0 Å². The SMILES string of the molecule is CNC(COCCOC)C12CC3CC(CC(C3)C1)C2. The van der Waals surface area contributed by atoms with Crippen LogP contribution in [0.2, 0.25) is 0 Å². The summed E-state index contributed by atoms with van der Waals surface area (Å²) in [4.78, 5) is 0. The van der Waals surface area contributed by atoms with Crippen LogP contribution in [0.15, 0.2) is 0 Å². The third-order valence-electron chi connectivity index (χ3n) is 5.89. The zero-order valence-corrected chi connectivity index (χ0v) is 12.5. The molecule has 1 N–H and O–H groups in total. The Morgan fingerprint density at radius 2 is 1.63 bits per heavy atom. The highest BCUT2D eigenvalue weighted by Gasteiger charge is 2.53. The standard InChI is InChI=1S/C16H29NO2/c1-17-15(11-19-4-3-18-2)16-8-12-5-13(9-16)7-14(6-12)10-16/h12-15,17H,3-11H2,1-2H3. The Kier molecular flexibility index (Phi) is 4.16. The van der Waals surface area contributed by atoms with Gasteiger partial charge in [-0.25, -0.2) is 0 Å². The van der Waals surface area contributed by atoms with Gasteiger partial charge < -0.3 is 14.8 Å². The van der Waals surface area contributed by atoms with Crippen molar-refractivity contribution in [2.24, 2.45) is 23.2 Å². The average molecular weight is 267 g/mol. The minimum absolute atomic E-state index is 0.538. The highest BCUT2D eigenvalue weighted by Crippen LogP contribution is 2.61. The van der Waals surface area contributed by atoms with E-state index < -0.39 is 0 Å². The van der Waals surface area contributed by atoms with Crippen molar-refractivity contribution in [3.63, 3.8) is 0 Å². The van der Waals surface area contributed by atoms with Crippen LogP contribution in [0.5, 0.6) is 0 Å². The molecule has 0 aromatic carbocycles. The summed E-state index contributed by atoms with van der Waals surface area (Å²) in [7, 11) is 3.85. The monoisotopic (exact) mass is 267 g/mol. The van der Waals surface area contributed by atoms with E-state index in [0.29, 0.717) is 18.1 Å². The summed E-state index contributed by atoms with van der Waals surface area (Å²) in [5.74, 6) is 3.04. The number of ether oxygens (including phenoxy) is 2. The topological polar surface area (TPSA) is 30.5 Å². The van der Waals surface area contributed by atoms with Crippen molar-refractivity contribution >= 4 is 0 Å². The molecule has 0 radical (unpaired) electrons. The summed E-state index contributed by atoms with van der Waals surface area (Å²) < 4.78 is 10.9. The van der Waals surface area contributed by atoms with Crippen LogP contribution in [0, 0.1) is 23.2 Å². The Morgan fingerprint density at radius 1 is 1.05 bits per heavy atom. The van der Waals surface area contributed by atoms with Gasteiger partial charge in [0, 0.05) is 13.2 Å². The lowest BCUT2D eigenvalue weighted by Gasteiger charge is -2.59. The number of likely N-dealkylation sites (N-methyl/N-ethyl adjacent to an activating group) is 1. The van der Waals surface area contributed by atoms with E-state index in [1.807, 2.05) is 0 Å². The predicted octanol–water partition coefficient (Wildman–Crippen LogP) is 2.45. The minimum atomic E-state index is 0.538. The van der Waals surface area contributed by atoms with Gasteiger partial charge in [0.1, 0.15) is 0 Å². The number of hydrogen-bond donors (Lipinski definition) is 1. The number of nitrogens with one attached hydrogen (secondary N) is 1. The summed E-state index contributed by atoms with van der Waals surface area (Å²) in [6.45, 7) is 2.28. The Labute approximate surface area is 117 Å². The Hall–Kier alpha value is -0.120. The zero-order valence-electron chi connectivity index (χ0n) is 12.5. The first-order valence-corrected chi connectivity index (χ1v) is 7.99. The maximum atomic E-state index is 5.83. The van der Waals surface area contributed by atoms with Crippen molar-refractivity contribution in [2.45, 2.75) is 44.6 Å². The van der Waals surface area contributed by atoms with Crippen molar-refractivity contribution in [3.8, 4) is 0 Å². The van der Waals surface area contributed by atoms with Crippen LogP contribution < -0.4 is 5.32 Å². The van der Waals surface area contributed by atoms with Crippen molar-refractivity contribution in [2.75, 3.05) is 34.0 Å². The maximum absolute atomic E-state index is 5.83. The average Bonchev–Trinajstić information content (AvgIpc) is 2.37. The van der Waals surface area contributed by atoms with Crippen LogP contribution in [0.4, 0.5) is 0 Å². The molecule has 0 saturated heterocycles. The molecule has 4 aliphatic carbocycles. The van der Waals surface area contributed by atoms with E-state index in [-0.39, 0.29) is 0 Å². The molecule has 4 aliphatic rings. The largest absolute Gasteiger partial charge is 0.382 e. The van der Waals surface area contributed by atoms with E-state index in [0.717, 1.165) is 31.0 Å². The Bertz CT molecular complexity index is 270. The van der Waals surface area contributed by atoms with Crippen LogP contribution in [0.3, 0.4) is 0 Å². The molecule has 0 amide bonds. The fourth-order valence-corrected chi connectivity index (χ4v) is 5.51. The molecular weight excluding hydrogens is 238 g/mol. The van der Waals surface area contributed by atoms with Gasteiger partial charge in [-0.05, 0) is 68.7 Å². The molecule has 0 spiro atoms. The lowest BCUT2D eigenvalue weighted by Crippen LogP contribution is -2.56. The quantitative estimate of drug-likeness (QED) is 0.719. The van der Waals surface area contributed by atoms with Gasteiger partial charge in [-0.3, -0.25) is 0 Å². The summed E-state index contributed by atoms with van der Waals surface area (Å²) in [6.07, 6.45) is 8.87. The third kappa shape index (κ3) is 2.70. The van der Waals surface area contributed by atoms with Crippen LogP contribution >= 0.6 is 0 Å². The molecule has 1 atom stereocenters. The Morgan fingerprint density at radius 3 is 2.11 bits per heavy atom. The van der Waals surface area contributed by atoms with Crippen LogP contribution in [-0.2, 0) is 9.47 Å². The molecule has 0 aromatic rings. The Balaban J connectivity index is 1.62. The lowest BCUT2D eigenvalue weighted by atomic mass is 9.48. The zero-order chi connectivity index (χ0) is 13.3. The number of methoxy groups -OCH3 is 1. The first-order valence-electron chi connectivity index (χ1n) is 7.99. The molecule has 0 heterocycles. The summed E-state index contributed by atoms with van der Waals surface area (Å²) >= 11 is 0. The molecule has 0 aliphatic heterocycles. The molecule has 4 bridgehead atoms. The van der Waals surface area contributed by atoms with E-state index in [4.69, 9.17) is 9.47 Å². The van der Waals surface area contributed by atoms with Gasteiger partial charge in [-0.1, -0.05) is 0 Å². The first kappa shape index (κ1) is 13.8. The predicted molar refractivity (Wildman–Crippen MR) is 76.1 cm³/mol. The fourth-order valence-electron chi connectivity index (χ4n) is 5.51. The van der Waals surface area contributed by atoms with Crippen molar-refractivity contribution < 1.29 is 9.47 Å². The molecule has 4 fully saturated rings. The molecule has 4 saturated carbocycles. The first-order chi connectivity index (χ1) is 9.25. The van der Waals surface area contributed by atoms with Gasteiger partial charge >= 0.3 is 0 Å². The molecule has 0 aromatic heterocycles. The van der Waals surface area contributed by atoms with Crippen LogP contribution in [-0.4, -0.2) is 40.0 Å².